The Morgan fingerprint density at radius 1 is 1.19 bits per heavy atom. The molecule has 0 atom stereocenters. The van der Waals surface area contributed by atoms with E-state index in [1.54, 1.807) is 19.1 Å². The molecule has 9 heteroatoms. The summed E-state index contributed by atoms with van der Waals surface area (Å²) in [5.41, 5.74) is 6.68. The summed E-state index contributed by atoms with van der Waals surface area (Å²) in [6.45, 7) is 2.10. The van der Waals surface area contributed by atoms with Crippen LogP contribution in [0.5, 0.6) is 0 Å². The number of halogens is 1. The SMILES string of the molecule is Cc1nn(Cc2ccccc2)c(Cl)c1C(=O)NNc1ccccc1[N+](=O)[O-]. The van der Waals surface area contributed by atoms with Gasteiger partial charge in [0.25, 0.3) is 11.6 Å². The topological polar surface area (TPSA) is 102 Å². The average molecular weight is 386 g/mol. The minimum Gasteiger partial charge on any atom is -0.292 e. The van der Waals surface area contributed by atoms with Crippen molar-refractivity contribution >= 4 is 28.9 Å². The number of aromatic nitrogens is 2. The number of anilines is 1. The summed E-state index contributed by atoms with van der Waals surface area (Å²) in [4.78, 5) is 23.0. The van der Waals surface area contributed by atoms with Gasteiger partial charge < -0.3 is 0 Å². The molecule has 27 heavy (non-hydrogen) atoms. The zero-order valence-electron chi connectivity index (χ0n) is 14.3. The van der Waals surface area contributed by atoms with Gasteiger partial charge in [-0.2, -0.15) is 5.10 Å². The number of carbonyl (C=O) groups is 1. The number of nitrogens with one attached hydrogen (secondary N) is 2. The van der Waals surface area contributed by atoms with E-state index in [0.717, 1.165) is 5.56 Å². The summed E-state index contributed by atoms with van der Waals surface area (Å²) in [5.74, 6) is -0.532. The molecular weight excluding hydrogens is 370 g/mol. The number of nitro benzene ring substituents is 1. The molecule has 1 aromatic heterocycles. The highest BCUT2D eigenvalue weighted by Crippen LogP contribution is 2.24. The lowest BCUT2D eigenvalue weighted by Gasteiger charge is -2.09. The number of nitro groups is 1. The lowest BCUT2D eigenvalue weighted by Crippen LogP contribution is -2.30. The first-order valence-electron chi connectivity index (χ1n) is 8.04. The molecule has 1 amide bonds. The second kappa shape index (κ2) is 7.88. The third-order valence-electron chi connectivity index (χ3n) is 3.88. The second-order valence-corrected chi connectivity index (χ2v) is 6.11. The molecule has 0 aliphatic carbocycles. The van der Waals surface area contributed by atoms with Crippen molar-refractivity contribution in [3.8, 4) is 0 Å². The highest BCUT2D eigenvalue weighted by molar-refractivity contribution is 6.33. The van der Waals surface area contributed by atoms with E-state index < -0.39 is 10.8 Å². The summed E-state index contributed by atoms with van der Waals surface area (Å²) in [6, 6.07) is 15.6. The van der Waals surface area contributed by atoms with Crippen molar-refractivity contribution in [3.05, 3.63) is 86.7 Å². The molecule has 2 aromatic carbocycles. The van der Waals surface area contributed by atoms with Crippen LogP contribution in [0.2, 0.25) is 5.15 Å². The maximum absolute atomic E-state index is 12.5. The van der Waals surface area contributed by atoms with Crippen LogP contribution in [0.3, 0.4) is 0 Å². The van der Waals surface area contributed by atoms with Crippen LogP contribution < -0.4 is 10.9 Å². The van der Waals surface area contributed by atoms with Crippen LogP contribution in [-0.4, -0.2) is 20.6 Å². The smallest absolute Gasteiger partial charge is 0.292 e. The van der Waals surface area contributed by atoms with Gasteiger partial charge in [0.1, 0.15) is 16.4 Å². The summed E-state index contributed by atoms with van der Waals surface area (Å²) in [5, 5.41) is 15.5. The van der Waals surface area contributed by atoms with Gasteiger partial charge in [-0.05, 0) is 18.6 Å². The van der Waals surface area contributed by atoms with Gasteiger partial charge in [-0.3, -0.25) is 25.8 Å². The third kappa shape index (κ3) is 4.06. The fourth-order valence-electron chi connectivity index (χ4n) is 2.60. The van der Waals surface area contributed by atoms with E-state index in [9.17, 15) is 14.9 Å². The molecule has 0 aliphatic heterocycles. The van der Waals surface area contributed by atoms with Crippen LogP contribution in [0, 0.1) is 17.0 Å². The van der Waals surface area contributed by atoms with Crippen LogP contribution in [0.15, 0.2) is 54.6 Å². The maximum atomic E-state index is 12.5. The van der Waals surface area contributed by atoms with E-state index in [1.165, 1.54) is 16.8 Å². The van der Waals surface area contributed by atoms with Gasteiger partial charge in [0.2, 0.25) is 0 Å². The molecule has 0 spiro atoms. The summed E-state index contributed by atoms with van der Waals surface area (Å²) < 4.78 is 1.53. The molecule has 3 rings (SSSR count). The number of hydrogen-bond donors (Lipinski definition) is 2. The van der Waals surface area contributed by atoms with Gasteiger partial charge in [0, 0.05) is 6.07 Å². The monoisotopic (exact) mass is 385 g/mol. The summed E-state index contributed by atoms with van der Waals surface area (Å²) in [6.07, 6.45) is 0. The lowest BCUT2D eigenvalue weighted by atomic mass is 10.2. The van der Waals surface area contributed by atoms with E-state index in [2.05, 4.69) is 16.0 Å². The number of benzene rings is 2. The third-order valence-corrected chi connectivity index (χ3v) is 4.26. The molecule has 0 aliphatic rings. The Balaban J connectivity index is 1.77. The van der Waals surface area contributed by atoms with Gasteiger partial charge in [0.15, 0.2) is 0 Å². The van der Waals surface area contributed by atoms with Gasteiger partial charge in [0.05, 0.1) is 17.2 Å². The molecule has 0 saturated carbocycles. The maximum Gasteiger partial charge on any atom is 0.294 e. The predicted molar refractivity (Wildman–Crippen MR) is 102 cm³/mol. The van der Waals surface area contributed by atoms with E-state index in [-0.39, 0.29) is 22.1 Å². The molecule has 8 nitrogen and oxygen atoms in total. The van der Waals surface area contributed by atoms with Crippen molar-refractivity contribution in [1.29, 1.82) is 0 Å². The summed E-state index contributed by atoms with van der Waals surface area (Å²) in [7, 11) is 0. The molecule has 138 valence electrons. The Labute approximate surface area is 159 Å². The van der Waals surface area contributed by atoms with Crippen molar-refractivity contribution < 1.29 is 9.72 Å². The molecule has 3 aromatic rings. The van der Waals surface area contributed by atoms with Gasteiger partial charge in [-0.15, -0.1) is 0 Å². The number of amides is 1. The number of para-hydroxylation sites is 2. The molecule has 2 N–H and O–H groups in total. The van der Waals surface area contributed by atoms with Crippen LogP contribution in [0.1, 0.15) is 21.6 Å². The van der Waals surface area contributed by atoms with Gasteiger partial charge in [-0.1, -0.05) is 54.1 Å². The quantitative estimate of drug-likeness (QED) is 0.499. The Bertz CT molecular complexity index is 988. The first kappa shape index (κ1) is 18.4. The Morgan fingerprint density at radius 3 is 2.56 bits per heavy atom. The van der Waals surface area contributed by atoms with Crippen molar-refractivity contribution in [2.45, 2.75) is 13.5 Å². The number of aryl methyl sites for hydroxylation is 1. The standard InChI is InChI=1S/C18H16ClN5O3/c1-12-16(17(19)23(22-12)11-13-7-3-2-4-8-13)18(25)21-20-14-9-5-6-10-15(14)24(26)27/h2-10,20H,11H2,1H3,(H,21,25). The van der Waals surface area contributed by atoms with Gasteiger partial charge >= 0.3 is 0 Å². The molecule has 0 unspecified atom stereocenters. The molecule has 0 radical (unpaired) electrons. The summed E-state index contributed by atoms with van der Waals surface area (Å²) >= 11 is 6.34. The fraction of sp³-hybridized carbons (Fsp3) is 0.111. The highest BCUT2D eigenvalue weighted by Gasteiger charge is 2.21. The molecule has 0 saturated heterocycles. The van der Waals surface area contributed by atoms with E-state index in [4.69, 9.17) is 11.6 Å². The van der Waals surface area contributed by atoms with Crippen LogP contribution in [0.4, 0.5) is 11.4 Å². The van der Waals surface area contributed by atoms with E-state index >= 15 is 0 Å². The van der Waals surface area contributed by atoms with Gasteiger partial charge in [-0.25, -0.2) is 4.68 Å². The predicted octanol–water partition coefficient (Wildman–Crippen LogP) is 3.56. The van der Waals surface area contributed by atoms with Crippen molar-refractivity contribution in [2.75, 3.05) is 5.43 Å². The molecule has 1 heterocycles. The Morgan fingerprint density at radius 2 is 1.85 bits per heavy atom. The van der Waals surface area contributed by atoms with E-state index in [1.807, 2.05) is 30.3 Å². The normalized spacial score (nSPS) is 10.4. The largest absolute Gasteiger partial charge is 0.294 e. The zero-order valence-corrected chi connectivity index (χ0v) is 15.1. The second-order valence-electron chi connectivity index (χ2n) is 5.75. The fourth-order valence-corrected chi connectivity index (χ4v) is 2.92. The molecular formula is C18H16ClN5O3. The van der Waals surface area contributed by atoms with Crippen molar-refractivity contribution in [3.63, 3.8) is 0 Å². The minimum absolute atomic E-state index is 0.152. The van der Waals surface area contributed by atoms with Crippen molar-refractivity contribution in [1.82, 2.24) is 15.2 Å². The number of rotatable bonds is 6. The zero-order chi connectivity index (χ0) is 19.4. The van der Waals surface area contributed by atoms with Crippen LogP contribution >= 0.6 is 11.6 Å². The van der Waals surface area contributed by atoms with Crippen molar-refractivity contribution in [2.24, 2.45) is 0 Å². The number of nitrogens with zero attached hydrogens (tertiary/aromatic N) is 3. The number of hydrazine groups is 1. The van der Waals surface area contributed by atoms with E-state index in [0.29, 0.717) is 12.2 Å². The molecule has 0 fully saturated rings. The molecule has 0 bridgehead atoms. The Kier molecular flexibility index (Phi) is 5.37. The average Bonchev–Trinajstić information content (AvgIpc) is 2.94. The Hall–Kier alpha value is -3.39. The highest BCUT2D eigenvalue weighted by atomic mass is 35.5. The first-order valence-corrected chi connectivity index (χ1v) is 8.41. The minimum atomic E-state index is -0.537. The number of hydrogen-bond acceptors (Lipinski definition) is 5. The first-order chi connectivity index (χ1) is 13.0. The van der Waals surface area contributed by atoms with Crippen LogP contribution in [0.25, 0.3) is 0 Å². The number of carbonyl (C=O) groups excluding carboxylic acids is 1. The van der Waals surface area contributed by atoms with Crippen LogP contribution in [-0.2, 0) is 6.54 Å². The lowest BCUT2D eigenvalue weighted by molar-refractivity contribution is -0.384.